The average Bonchev–Trinajstić information content (AvgIpc) is 0.825. The molecular formula is C84H87Cl3F3N9O12. The van der Waals surface area contributed by atoms with E-state index in [-0.39, 0.29) is 106 Å². The van der Waals surface area contributed by atoms with Crippen LogP contribution >= 0.6 is 34.8 Å². The molecule has 27 heteroatoms. The molecule has 3 amide bonds. The first-order valence-electron chi connectivity index (χ1n) is 36.2. The highest BCUT2D eigenvalue weighted by Crippen LogP contribution is 2.32. The van der Waals surface area contributed by atoms with Crippen molar-refractivity contribution in [1.29, 1.82) is 0 Å². The zero-order chi connectivity index (χ0) is 80.4. The van der Waals surface area contributed by atoms with Crippen LogP contribution in [0, 0.1) is 17.5 Å². The van der Waals surface area contributed by atoms with Crippen molar-refractivity contribution >= 4 is 139 Å². The van der Waals surface area contributed by atoms with E-state index < -0.39 is 29.3 Å². The van der Waals surface area contributed by atoms with Crippen LogP contribution in [-0.4, -0.2) is 87.8 Å². The van der Waals surface area contributed by atoms with Crippen LogP contribution in [-0.2, 0) is 81.5 Å². The number of nitrogens with one attached hydrogen (secondary N) is 6. The second kappa shape index (κ2) is 45.0. The van der Waals surface area contributed by atoms with Crippen molar-refractivity contribution in [2.24, 2.45) is 0 Å². The standard InChI is InChI=1S/C28H29Cl2N3O4.C28H29ClFN3O4.C28H29F2N3O4/c1-3-5-24(34)15-22-16-26(32-23-13-19(29)12-20(30)14-23)25(17-31-22)28(36)33-21-9-6-18(7-10-21)8-11-27(35)37-4-2;1-3-5-22(34)14-21-16-26(32-20-11-12-25(30)24(29)15-20)23(17-31-21)28(36)33-19-9-6-18(7-10-19)8-13-27(35)37-4-2;1-3-5-22(34)15-21-16-26(33-25-12-9-19(29)14-24(25)30)23(17-31-21)28(36)32-20-10-6-18(7-11-20)8-13-27(35)37-4-2/h6-7,9-10,12-14,16-17H,3-5,8,11,15H2,1-2H3,(H,31,32)(H,33,36);6-7,9-12,15-17H,3-5,8,13-14H2,1-2H3,(H,31,32)(H,33,36);6-7,9-12,14,16-17H,3-5,8,13,15H2,1-2H3,(H,31,33)(H,32,36). The predicted octanol–water partition coefficient (Wildman–Crippen LogP) is 18.8. The zero-order valence-corrected chi connectivity index (χ0v) is 64.6. The Balaban J connectivity index is 0.000000231. The summed E-state index contributed by atoms with van der Waals surface area (Å²) in [6.45, 7) is 12.1. The van der Waals surface area contributed by atoms with Crippen molar-refractivity contribution in [2.75, 3.05) is 51.7 Å². The smallest absolute Gasteiger partial charge is 0.306 e. The number of aryl methyl sites for hydroxylation is 3. The maximum Gasteiger partial charge on any atom is 0.306 e. The second-order valence-electron chi connectivity index (χ2n) is 25.2. The number of halogens is 6. The molecule has 0 atom stereocenters. The third-order valence-electron chi connectivity index (χ3n) is 16.3. The number of nitrogens with zero attached hydrogens (tertiary/aromatic N) is 3. The Morgan fingerprint density at radius 3 is 1.03 bits per heavy atom. The van der Waals surface area contributed by atoms with Crippen molar-refractivity contribution in [3.05, 3.63) is 247 Å². The summed E-state index contributed by atoms with van der Waals surface area (Å²) >= 11 is 18.2. The molecule has 582 valence electrons. The van der Waals surface area contributed by atoms with E-state index in [1.807, 2.05) is 45.0 Å². The maximum absolute atomic E-state index is 14.3. The number of amides is 3. The van der Waals surface area contributed by atoms with Crippen LogP contribution in [0.1, 0.15) is 164 Å². The van der Waals surface area contributed by atoms with E-state index in [4.69, 9.17) is 49.0 Å². The van der Waals surface area contributed by atoms with Crippen LogP contribution in [0.4, 0.5) is 64.4 Å². The van der Waals surface area contributed by atoms with Gasteiger partial charge in [-0.15, -0.1) is 0 Å². The number of carbonyl (C=O) groups excluding carboxylic acids is 9. The van der Waals surface area contributed by atoms with Crippen molar-refractivity contribution in [3.8, 4) is 0 Å². The Morgan fingerprint density at radius 1 is 0.351 bits per heavy atom. The first-order chi connectivity index (χ1) is 53.3. The molecule has 0 saturated heterocycles. The fourth-order valence-corrected chi connectivity index (χ4v) is 11.6. The molecule has 3 aromatic heterocycles. The van der Waals surface area contributed by atoms with Crippen LogP contribution in [0.2, 0.25) is 15.1 Å². The summed E-state index contributed by atoms with van der Waals surface area (Å²) < 4.78 is 56.1. The summed E-state index contributed by atoms with van der Waals surface area (Å²) in [7, 11) is 0. The van der Waals surface area contributed by atoms with Crippen molar-refractivity contribution in [1.82, 2.24) is 15.0 Å². The highest BCUT2D eigenvalue weighted by atomic mass is 35.5. The van der Waals surface area contributed by atoms with Gasteiger partial charge in [-0.2, -0.15) is 0 Å². The molecule has 6 aromatic carbocycles. The highest BCUT2D eigenvalue weighted by Gasteiger charge is 2.21. The Kier molecular flexibility index (Phi) is 35.2. The minimum absolute atomic E-state index is 0.00541. The number of ketones is 3. The van der Waals surface area contributed by atoms with Gasteiger partial charge in [0.15, 0.2) is 0 Å². The van der Waals surface area contributed by atoms with E-state index in [9.17, 15) is 56.3 Å². The molecule has 0 aliphatic carbocycles. The van der Waals surface area contributed by atoms with Gasteiger partial charge in [0.2, 0.25) is 0 Å². The third-order valence-corrected chi connectivity index (χ3v) is 17.0. The van der Waals surface area contributed by atoms with Crippen LogP contribution in [0.3, 0.4) is 0 Å². The van der Waals surface area contributed by atoms with Gasteiger partial charge in [-0.1, -0.05) is 92.0 Å². The predicted molar refractivity (Wildman–Crippen MR) is 426 cm³/mol. The monoisotopic (exact) mass is 1580 g/mol. The Morgan fingerprint density at radius 2 is 0.694 bits per heavy atom. The Labute approximate surface area is 657 Å². The number of ether oxygens (including phenoxy) is 3. The minimum atomic E-state index is -0.829. The molecular weight excluding hydrogens is 1490 g/mol. The molecule has 3 heterocycles. The van der Waals surface area contributed by atoms with Crippen LogP contribution in [0.25, 0.3) is 0 Å². The number of hydrogen-bond donors (Lipinski definition) is 6. The van der Waals surface area contributed by atoms with Gasteiger partial charge < -0.3 is 46.1 Å². The first kappa shape index (κ1) is 86.9. The van der Waals surface area contributed by atoms with Gasteiger partial charge in [-0.3, -0.25) is 58.1 Å². The lowest BCUT2D eigenvalue weighted by Gasteiger charge is -2.14. The molecule has 0 radical (unpaired) electrons. The number of aromatic nitrogens is 3. The fourth-order valence-electron chi connectivity index (χ4n) is 10.9. The summed E-state index contributed by atoms with van der Waals surface area (Å²) in [6, 6.07) is 38.4. The largest absolute Gasteiger partial charge is 0.466 e. The molecule has 0 fully saturated rings. The summed E-state index contributed by atoms with van der Waals surface area (Å²) in [5, 5.41) is 18.4. The van der Waals surface area contributed by atoms with E-state index in [1.54, 1.807) is 99.6 Å². The van der Waals surface area contributed by atoms with Gasteiger partial charge in [0.05, 0.1) is 64.3 Å². The normalized spacial score (nSPS) is 10.6. The number of esters is 3. The van der Waals surface area contributed by atoms with Gasteiger partial charge in [0, 0.05) is 138 Å². The van der Waals surface area contributed by atoms with Crippen LogP contribution in [0.5, 0.6) is 0 Å². The molecule has 0 saturated carbocycles. The number of benzene rings is 6. The van der Waals surface area contributed by atoms with E-state index in [0.29, 0.717) is 138 Å². The minimum Gasteiger partial charge on any atom is -0.466 e. The van der Waals surface area contributed by atoms with Gasteiger partial charge in [-0.25, -0.2) is 13.2 Å². The molecule has 0 unspecified atom stereocenters. The number of Topliss-reactive ketones (excluding diaryl/α,β-unsaturated/α-hetero) is 3. The first-order valence-corrected chi connectivity index (χ1v) is 37.3. The molecule has 0 aliphatic heterocycles. The lowest BCUT2D eigenvalue weighted by atomic mass is 10.1. The number of carbonyl (C=O) groups is 9. The fraction of sp³-hybridized carbons (Fsp3) is 0.286. The van der Waals surface area contributed by atoms with Crippen molar-refractivity contribution in [2.45, 2.75) is 138 Å². The molecule has 9 rings (SSSR count). The quantitative estimate of drug-likeness (QED) is 0.0157. The van der Waals surface area contributed by atoms with Gasteiger partial charge in [0.1, 0.15) is 34.8 Å². The van der Waals surface area contributed by atoms with Crippen molar-refractivity contribution < 1.29 is 70.5 Å². The molecule has 6 N–H and O–H groups in total. The molecule has 0 aliphatic rings. The lowest BCUT2D eigenvalue weighted by Crippen LogP contribution is -2.16. The van der Waals surface area contributed by atoms with Gasteiger partial charge >= 0.3 is 17.9 Å². The van der Waals surface area contributed by atoms with E-state index in [1.165, 1.54) is 48.9 Å². The summed E-state index contributed by atoms with van der Waals surface area (Å²) in [5.41, 5.74) is 8.70. The topological polar surface area (TPSA) is 292 Å². The van der Waals surface area contributed by atoms with E-state index in [0.717, 1.165) is 41.7 Å². The summed E-state index contributed by atoms with van der Waals surface area (Å²) in [5.74, 6) is -4.08. The Bertz CT molecular complexity index is 4710. The van der Waals surface area contributed by atoms with E-state index in [2.05, 4.69) is 46.9 Å². The van der Waals surface area contributed by atoms with Gasteiger partial charge in [-0.05, 0) is 179 Å². The number of rotatable bonds is 36. The summed E-state index contributed by atoms with van der Waals surface area (Å²) in [4.78, 5) is 123. The molecule has 21 nitrogen and oxygen atoms in total. The van der Waals surface area contributed by atoms with Crippen LogP contribution < -0.4 is 31.9 Å². The zero-order valence-electron chi connectivity index (χ0n) is 62.3. The molecule has 111 heavy (non-hydrogen) atoms. The van der Waals surface area contributed by atoms with Crippen LogP contribution in [0.15, 0.2) is 164 Å². The van der Waals surface area contributed by atoms with E-state index >= 15 is 0 Å². The molecule has 0 spiro atoms. The molecule has 9 aromatic rings. The highest BCUT2D eigenvalue weighted by molar-refractivity contribution is 6.35. The lowest BCUT2D eigenvalue weighted by molar-refractivity contribution is -0.144. The SMILES string of the molecule is CCCC(=O)Cc1cc(Nc2cc(Cl)cc(Cl)c2)c(C(=O)Nc2ccc(CCC(=O)OCC)cc2)cn1.CCCC(=O)Cc1cc(Nc2ccc(F)c(Cl)c2)c(C(=O)Nc2ccc(CCC(=O)OCC)cc2)cn1.CCCC(=O)Cc1cc(Nc2ccc(F)cc2F)c(C(=O)Nc2ccc(CCC(=O)OCC)cc2)cn1. The Hall–Kier alpha value is -11.3. The molecule has 0 bridgehead atoms. The number of pyridine rings is 3. The number of hydrogen-bond acceptors (Lipinski definition) is 18. The average molecular weight is 1580 g/mol. The van der Waals surface area contributed by atoms with Gasteiger partial charge in [0.25, 0.3) is 17.7 Å². The summed E-state index contributed by atoms with van der Waals surface area (Å²) in [6.07, 6.45) is 10.5. The van der Waals surface area contributed by atoms with Crippen molar-refractivity contribution in [3.63, 3.8) is 0 Å². The second-order valence-corrected chi connectivity index (χ2v) is 26.5. The number of anilines is 9. The third kappa shape index (κ3) is 29.5. The maximum atomic E-state index is 14.3.